The van der Waals surface area contributed by atoms with Gasteiger partial charge in [-0.15, -0.1) is 0 Å². The molecule has 39 heavy (non-hydrogen) atoms. The normalized spacial score (nSPS) is 13.0. The maximum absolute atomic E-state index is 14.1. The molecule has 0 aliphatic rings. The zero-order valence-electron chi connectivity index (χ0n) is 23.8. The molecule has 4 amide bonds. The van der Waals surface area contributed by atoms with Gasteiger partial charge < -0.3 is 35.8 Å². The third-order valence-corrected chi connectivity index (χ3v) is 5.80. The molecule has 0 aliphatic heterocycles. The van der Waals surface area contributed by atoms with Gasteiger partial charge in [-0.05, 0) is 65.7 Å². The number of benzene rings is 1. The number of aromatic hydroxyl groups is 1. The summed E-state index contributed by atoms with van der Waals surface area (Å²) >= 11 is 0. The van der Waals surface area contributed by atoms with Crippen LogP contribution >= 0.6 is 0 Å². The minimum Gasteiger partial charge on any atom is -0.508 e. The predicted octanol–water partition coefficient (Wildman–Crippen LogP) is 2.29. The van der Waals surface area contributed by atoms with Crippen molar-refractivity contribution < 1.29 is 38.6 Å². The first-order valence-corrected chi connectivity index (χ1v) is 12.9. The van der Waals surface area contributed by atoms with Crippen LogP contribution in [0.25, 0.3) is 0 Å². The SMILES string of the molecule is CCOC(=O)CCNC(=O)C(c1ccc(O)cc1)N(C(=O)C(CC(N)=O)NC(=O)OC(C)(C)C)C(C)(C)CC. The Balaban J connectivity index is 3.55. The molecular weight excluding hydrogens is 508 g/mol. The summed E-state index contributed by atoms with van der Waals surface area (Å²) in [5, 5.41) is 14.9. The van der Waals surface area contributed by atoms with Gasteiger partial charge in [-0.2, -0.15) is 0 Å². The van der Waals surface area contributed by atoms with Gasteiger partial charge in [0.1, 0.15) is 23.4 Å². The van der Waals surface area contributed by atoms with Gasteiger partial charge in [0.05, 0.1) is 19.4 Å². The fourth-order valence-corrected chi connectivity index (χ4v) is 3.66. The molecule has 5 N–H and O–H groups in total. The first-order chi connectivity index (χ1) is 18.0. The van der Waals surface area contributed by atoms with Crippen molar-refractivity contribution in [3.63, 3.8) is 0 Å². The third-order valence-electron chi connectivity index (χ3n) is 5.80. The molecule has 0 saturated carbocycles. The number of carbonyl (C=O) groups excluding carboxylic acids is 5. The fraction of sp³-hybridized carbons (Fsp3) is 0.593. The van der Waals surface area contributed by atoms with E-state index in [1.54, 1.807) is 41.5 Å². The number of hydrogen-bond donors (Lipinski definition) is 4. The number of phenolic OH excluding ortho intramolecular Hbond substituents is 1. The lowest BCUT2D eigenvalue weighted by Gasteiger charge is -2.44. The molecule has 2 unspecified atom stereocenters. The highest BCUT2D eigenvalue weighted by atomic mass is 16.6. The average Bonchev–Trinajstić information content (AvgIpc) is 2.80. The molecule has 0 aliphatic carbocycles. The van der Waals surface area contributed by atoms with Crippen molar-refractivity contribution in [2.24, 2.45) is 5.73 Å². The Kier molecular flexibility index (Phi) is 12.2. The first-order valence-electron chi connectivity index (χ1n) is 12.9. The van der Waals surface area contributed by atoms with E-state index < -0.39 is 59.4 Å². The number of ether oxygens (including phenoxy) is 2. The highest BCUT2D eigenvalue weighted by Crippen LogP contribution is 2.33. The van der Waals surface area contributed by atoms with E-state index in [4.69, 9.17) is 15.2 Å². The lowest BCUT2D eigenvalue weighted by molar-refractivity contribution is -0.150. The van der Waals surface area contributed by atoms with Crippen LogP contribution in [0.5, 0.6) is 5.75 Å². The average molecular weight is 551 g/mol. The molecule has 0 saturated heterocycles. The topological polar surface area (TPSA) is 177 Å². The molecule has 2 atom stereocenters. The zero-order chi connectivity index (χ0) is 30.0. The number of alkyl carbamates (subject to hydrolysis) is 1. The van der Waals surface area contributed by atoms with Gasteiger partial charge >= 0.3 is 12.1 Å². The van der Waals surface area contributed by atoms with Crippen molar-refractivity contribution in [1.82, 2.24) is 15.5 Å². The van der Waals surface area contributed by atoms with Crippen LogP contribution in [-0.2, 0) is 28.7 Å². The lowest BCUT2D eigenvalue weighted by atomic mass is 9.91. The van der Waals surface area contributed by atoms with Gasteiger partial charge in [-0.3, -0.25) is 19.2 Å². The number of primary amides is 1. The summed E-state index contributed by atoms with van der Waals surface area (Å²) in [5.74, 6) is -2.76. The fourth-order valence-electron chi connectivity index (χ4n) is 3.66. The van der Waals surface area contributed by atoms with E-state index in [1.807, 2.05) is 6.92 Å². The van der Waals surface area contributed by atoms with Gasteiger partial charge in [0.2, 0.25) is 17.7 Å². The van der Waals surface area contributed by atoms with E-state index in [1.165, 1.54) is 29.2 Å². The Morgan fingerprint density at radius 2 is 1.62 bits per heavy atom. The van der Waals surface area contributed by atoms with Crippen molar-refractivity contribution in [3.8, 4) is 5.75 Å². The van der Waals surface area contributed by atoms with E-state index >= 15 is 0 Å². The number of nitrogens with one attached hydrogen (secondary N) is 2. The number of amides is 4. The summed E-state index contributed by atoms with van der Waals surface area (Å²) in [6.07, 6.45) is -1.17. The Bertz CT molecular complexity index is 1020. The minimum absolute atomic E-state index is 0.0500. The predicted molar refractivity (Wildman–Crippen MR) is 143 cm³/mol. The van der Waals surface area contributed by atoms with E-state index in [2.05, 4.69) is 10.6 Å². The molecule has 0 aromatic heterocycles. The van der Waals surface area contributed by atoms with Crippen LogP contribution in [0.3, 0.4) is 0 Å². The summed E-state index contributed by atoms with van der Waals surface area (Å²) in [7, 11) is 0. The Morgan fingerprint density at radius 1 is 1.03 bits per heavy atom. The Hall–Kier alpha value is -3.83. The molecule has 1 aromatic carbocycles. The quantitative estimate of drug-likeness (QED) is 0.270. The minimum atomic E-state index is -1.44. The largest absolute Gasteiger partial charge is 0.508 e. The molecule has 1 aromatic rings. The molecule has 0 spiro atoms. The number of nitrogens with two attached hydrogens (primary N) is 1. The first kappa shape index (κ1) is 33.2. The van der Waals surface area contributed by atoms with Gasteiger partial charge in [0.25, 0.3) is 0 Å². The number of phenols is 1. The number of hydrogen-bond acceptors (Lipinski definition) is 8. The Labute approximate surface area is 229 Å². The van der Waals surface area contributed by atoms with Gasteiger partial charge in [0.15, 0.2) is 0 Å². The van der Waals surface area contributed by atoms with Gasteiger partial charge in [-0.25, -0.2) is 4.79 Å². The molecule has 0 radical (unpaired) electrons. The molecule has 0 fully saturated rings. The molecule has 12 heteroatoms. The summed E-state index contributed by atoms with van der Waals surface area (Å²) in [4.78, 5) is 65.2. The second-order valence-electron chi connectivity index (χ2n) is 10.6. The van der Waals surface area contributed by atoms with Crippen molar-refractivity contribution in [3.05, 3.63) is 29.8 Å². The van der Waals surface area contributed by atoms with E-state index in [0.717, 1.165) is 0 Å². The molecule has 218 valence electrons. The van der Waals surface area contributed by atoms with E-state index in [0.29, 0.717) is 12.0 Å². The maximum atomic E-state index is 14.1. The van der Waals surface area contributed by atoms with E-state index in [-0.39, 0.29) is 25.3 Å². The summed E-state index contributed by atoms with van der Waals surface area (Å²) in [6, 6.07) is 3.02. The molecule has 0 heterocycles. The summed E-state index contributed by atoms with van der Waals surface area (Å²) in [5.41, 5.74) is 3.92. The van der Waals surface area contributed by atoms with Crippen LogP contribution in [0.4, 0.5) is 4.79 Å². The van der Waals surface area contributed by atoms with E-state index in [9.17, 15) is 29.1 Å². The van der Waals surface area contributed by atoms with Gasteiger partial charge in [-0.1, -0.05) is 19.1 Å². The molecule has 0 bridgehead atoms. The molecule has 1 rings (SSSR count). The smallest absolute Gasteiger partial charge is 0.408 e. The Morgan fingerprint density at radius 3 is 2.10 bits per heavy atom. The molecule has 12 nitrogen and oxygen atoms in total. The standard InChI is InChI=1S/C27H42N4O8/c1-8-27(6,7)31(24(36)19(16-20(28)33)30-25(37)39-26(3,4)5)22(17-10-12-18(32)13-11-17)23(35)29-15-14-21(34)38-9-2/h10-13,19,22,32H,8-9,14-16H2,1-7H3,(H2,28,33)(H,29,35)(H,30,37). The van der Waals surface area contributed by atoms with Crippen LogP contribution in [0.2, 0.25) is 0 Å². The van der Waals surface area contributed by atoms with Crippen molar-refractivity contribution >= 4 is 29.8 Å². The highest BCUT2D eigenvalue weighted by molar-refractivity contribution is 5.95. The summed E-state index contributed by atoms with van der Waals surface area (Å²) < 4.78 is 10.2. The second-order valence-corrected chi connectivity index (χ2v) is 10.6. The monoisotopic (exact) mass is 550 g/mol. The van der Waals surface area contributed by atoms with Crippen LogP contribution < -0.4 is 16.4 Å². The van der Waals surface area contributed by atoms with Gasteiger partial charge in [0, 0.05) is 12.1 Å². The number of nitrogens with zero attached hydrogens (tertiary/aromatic N) is 1. The lowest BCUT2D eigenvalue weighted by Crippen LogP contribution is -2.60. The number of rotatable bonds is 13. The number of carbonyl (C=O) groups is 5. The summed E-state index contributed by atoms with van der Waals surface area (Å²) in [6.45, 7) is 12.0. The van der Waals surface area contributed by atoms with Crippen molar-refractivity contribution in [2.45, 2.75) is 91.0 Å². The van der Waals surface area contributed by atoms with Crippen molar-refractivity contribution in [2.75, 3.05) is 13.2 Å². The second kappa shape index (κ2) is 14.4. The maximum Gasteiger partial charge on any atom is 0.408 e. The molecular formula is C27H42N4O8. The van der Waals surface area contributed by atoms with Crippen LogP contribution in [0.15, 0.2) is 24.3 Å². The zero-order valence-corrected chi connectivity index (χ0v) is 23.8. The highest BCUT2D eigenvalue weighted by Gasteiger charge is 2.43. The van der Waals surface area contributed by atoms with Crippen molar-refractivity contribution in [1.29, 1.82) is 0 Å². The van der Waals surface area contributed by atoms with Crippen LogP contribution in [0.1, 0.15) is 79.3 Å². The van der Waals surface area contributed by atoms with Crippen LogP contribution in [-0.4, -0.2) is 70.1 Å². The third kappa shape index (κ3) is 10.8. The van der Waals surface area contributed by atoms with Crippen LogP contribution in [0, 0.1) is 0 Å². The number of esters is 1.